The maximum atomic E-state index is 12.2. The van der Waals surface area contributed by atoms with Crippen LogP contribution in [0.5, 0.6) is 0 Å². The molecule has 2 aliphatic carbocycles. The Bertz CT molecular complexity index is 621. The Kier molecular flexibility index (Phi) is 5.19. The van der Waals surface area contributed by atoms with Crippen LogP contribution < -0.4 is 10.6 Å². The molecule has 3 rings (SSSR count). The lowest BCUT2D eigenvalue weighted by Crippen LogP contribution is -2.45. The van der Waals surface area contributed by atoms with Gasteiger partial charge in [-0.3, -0.25) is 9.59 Å². The first-order valence-corrected chi connectivity index (χ1v) is 8.92. The second-order valence-corrected chi connectivity index (χ2v) is 7.18. The molecule has 5 nitrogen and oxygen atoms in total. The first-order valence-electron chi connectivity index (χ1n) is 8.92. The summed E-state index contributed by atoms with van der Waals surface area (Å²) in [5.41, 5.74) is 3.27. The van der Waals surface area contributed by atoms with E-state index in [2.05, 4.69) is 21.6 Å². The zero-order valence-electron chi connectivity index (χ0n) is 14.6. The third-order valence-electron chi connectivity index (χ3n) is 5.15. The number of nitrogens with zero attached hydrogens (tertiary/aromatic N) is 1. The summed E-state index contributed by atoms with van der Waals surface area (Å²) in [5, 5.41) is 5.60. The van der Waals surface area contributed by atoms with Gasteiger partial charge in [0.25, 0.3) is 0 Å². The van der Waals surface area contributed by atoms with E-state index in [0.717, 1.165) is 24.9 Å². The molecule has 24 heavy (non-hydrogen) atoms. The van der Waals surface area contributed by atoms with Crippen LogP contribution in [0.3, 0.4) is 0 Å². The molecule has 1 unspecified atom stereocenters. The van der Waals surface area contributed by atoms with Gasteiger partial charge < -0.3 is 15.5 Å². The van der Waals surface area contributed by atoms with Gasteiger partial charge in [0.2, 0.25) is 0 Å². The van der Waals surface area contributed by atoms with E-state index in [1.165, 1.54) is 30.4 Å². The Morgan fingerprint density at radius 1 is 1.17 bits per heavy atom. The summed E-state index contributed by atoms with van der Waals surface area (Å²) in [6.07, 6.45) is 6.77. The topological polar surface area (TPSA) is 61.4 Å². The molecule has 5 heteroatoms. The summed E-state index contributed by atoms with van der Waals surface area (Å²) in [4.78, 5) is 26.5. The molecule has 1 saturated carbocycles. The number of anilines is 1. The number of benzene rings is 1. The van der Waals surface area contributed by atoms with E-state index in [1.54, 1.807) is 0 Å². The zero-order valence-corrected chi connectivity index (χ0v) is 14.6. The molecule has 0 spiro atoms. The molecule has 1 aromatic rings. The minimum atomic E-state index is -0.567. The maximum absolute atomic E-state index is 12.2. The van der Waals surface area contributed by atoms with E-state index in [1.807, 2.05) is 26.2 Å². The monoisotopic (exact) mass is 329 g/mol. The molecular weight excluding hydrogens is 302 g/mol. The number of rotatable bonds is 5. The van der Waals surface area contributed by atoms with Gasteiger partial charge in [0.1, 0.15) is 0 Å². The molecule has 2 N–H and O–H groups in total. The number of nitrogens with one attached hydrogen (secondary N) is 2. The predicted molar refractivity (Wildman–Crippen MR) is 94.9 cm³/mol. The van der Waals surface area contributed by atoms with Gasteiger partial charge in [0.05, 0.1) is 0 Å². The normalized spacial score (nSPS) is 18.0. The Labute approximate surface area is 143 Å². The molecule has 1 atom stereocenters. The Morgan fingerprint density at radius 2 is 1.92 bits per heavy atom. The molecule has 0 radical (unpaired) electrons. The lowest BCUT2D eigenvalue weighted by Gasteiger charge is -2.24. The lowest BCUT2D eigenvalue weighted by molar-refractivity contribution is -0.136. The number of likely N-dealkylation sites (N-methyl/N-ethyl adjacent to an activating group) is 1. The summed E-state index contributed by atoms with van der Waals surface area (Å²) in [6.45, 7) is 0.525. The van der Waals surface area contributed by atoms with Crippen molar-refractivity contribution in [2.24, 2.45) is 5.92 Å². The highest BCUT2D eigenvalue weighted by molar-refractivity contribution is 6.39. The number of aryl methyl sites for hydroxylation is 1. The average molecular weight is 329 g/mol. The number of carbonyl (C=O) groups is 2. The van der Waals surface area contributed by atoms with Crippen LogP contribution in [0.4, 0.5) is 5.69 Å². The van der Waals surface area contributed by atoms with Gasteiger partial charge in [-0.25, -0.2) is 0 Å². The number of carbonyl (C=O) groups excluding carboxylic acids is 2. The molecule has 1 aromatic carbocycles. The second-order valence-electron chi connectivity index (χ2n) is 7.18. The van der Waals surface area contributed by atoms with Gasteiger partial charge in [-0.1, -0.05) is 12.1 Å². The van der Waals surface area contributed by atoms with Crippen molar-refractivity contribution in [3.8, 4) is 0 Å². The van der Waals surface area contributed by atoms with Crippen molar-refractivity contribution >= 4 is 17.5 Å². The molecule has 130 valence electrons. The molecule has 2 aliphatic rings. The summed E-state index contributed by atoms with van der Waals surface area (Å²) in [6, 6.07) is 6.27. The van der Waals surface area contributed by atoms with Crippen molar-refractivity contribution in [1.29, 1.82) is 0 Å². The van der Waals surface area contributed by atoms with Gasteiger partial charge >= 0.3 is 11.8 Å². The lowest BCUT2D eigenvalue weighted by atomic mass is 9.90. The molecular formula is C19H27N3O2. The first kappa shape index (κ1) is 17.0. The highest BCUT2D eigenvalue weighted by Crippen LogP contribution is 2.34. The largest absolute Gasteiger partial charge is 0.346 e. The van der Waals surface area contributed by atoms with Gasteiger partial charge in [-0.05, 0) is 75.7 Å². The van der Waals surface area contributed by atoms with Crippen molar-refractivity contribution < 1.29 is 9.59 Å². The average Bonchev–Trinajstić information content (AvgIpc) is 3.39. The SMILES string of the molecule is CN(C)C(CNC(=O)C(=O)Nc1cccc2c1CCCC2)C1CC1. The van der Waals surface area contributed by atoms with Crippen LogP contribution in [-0.4, -0.2) is 43.4 Å². The summed E-state index contributed by atoms with van der Waals surface area (Å²) in [7, 11) is 4.04. The summed E-state index contributed by atoms with van der Waals surface area (Å²) >= 11 is 0. The maximum Gasteiger partial charge on any atom is 0.313 e. The Morgan fingerprint density at radius 3 is 2.62 bits per heavy atom. The van der Waals surface area contributed by atoms with Crippen LogP contribution in [0.2, 0.25) is 0 Å². The van der Waals surface area contributed by atoms with E-state index >= 15 is 0 Å². The summed E-state index contributed by atoms with van der Waals surface area (Å²) in [5.74, 6) is -0.470. The standard InChI is InChI=1S/C19H27N3O2/c1-22(2)17(14-10-11-14)12-20-18(23)19(24)21-16-9-5-7-13-6-3-4-8-15(13)16/h5,7,9,14,17H,3-4,6,8,10-12H2,1-2H3,(H,20,23)(H,21,24). The number of hydrogen-bond acceptors (Lipinski definition) is 3. The van der Waals surface area contributed by atoms with Crippen molar-refractivity contribution in [1.82, 2.24) is 10.2 Å². The second kappa shape index (κ2) is 7.34. The van der Waals surface area contributed by atoms with E-state index in [0.29, 0.717) is 18.5 Å². The summed E-state index contributed by atoms with van der Waals surface area (Å²) < 4.78 is 0. The van der Waals surface area contributed by atoms with E-state index in [9.17, 15) is 9.59 Å². The fourth-order valence-corrected chi connectivity index (χ4v) is 3.61. The van der Waals surface area contributed by atoms with Crippen LogP contribution in [0, 0.1) is 5.92 Å². The quantitative estimate of drug-likeness (QED) is 0.812. The van der Waals surface area contributed by atoms with Crippen LogP contribution in [-0.2, 0) is 22.4 Å². The zero-order chi connectivity index (χ0) is 17.1. The molecule has 0 bridgehead atoms. The third-order valence-corrected chi connectivity index (χ3v) is 5.15. The molecule has 2 amide bonds. The molecule has 0 saturated heterocycles. The van der Waals surface area contributed by atoms with Crippen molar-refractivity contribution in [2.45, 2.75) is 44.6 Å². The van der Waals surface area contributed by atoms with Gasteiger partial charge in [-0.2, -0.15) is 0 Å². The van der Waals surface area contributed by atoms with E-state index in [-0.39, 0.29) is 0 Å². The molecule has 0 aromatic heterocycles. The fraction of sp³-hybridized carbons (Fsp3) is 0.579. The third kappa shape index (κ3) is 3.96. The van der Waals surface area contributed by atoms with Crippen LogP contribution >= 0.6 is 0 Å². The first-order chi connectivity index (χ1) is 11.6. The van der Waals surface area contributed by atoms with Crippen LogP contribution in [0.25, 0.3) is 0 Å². The molecule has 0 aliphatic heterocycles. The molecule has 0 heterocycles. The van der Waals surface area contributed by atoms with Crippen LogP contribution in [0.1, 0.15) is 36.8 Å². The fourth-order valence-electron chi connectivity index (χ4n) is 3.61. The molecule has 1 fully saturated rings. The van der Waals surface area contributed by atoms with E-state index < -0.39 is 11.8 Å². The Balaban J connectivity index is 1.57. The van der Waals surface area contributed by atoms with Crippen molar-refractivity contribution in [3.63, 3.8) is 0 Å². The van der Waals surface area contributed by atoms with Crippen LogP contribution in [0.15, 0.2) is 18.2 Å². The Hall–Kier alpha value is -1.88. The minimum absolute atomic E-state index is 0.311. The van der Waals surface area contributed by atoms with Crippen molar-refractivity contribution in [2.75, 3.05) is 26.0 Å². The highest BCUT2D eigenvalue weighted by Gasteiger charge is 2.33. The van der Waals surface area contributed by atoms with Gasteiger partial charge in [0, 0.05) is 18.3 Å². The predicted octanol–water partition coefficient (Wildman–Crippen LogP) is 1.96. The number of amides is 2. The number of fused-ring (bicyclic) bond motifs is 1. The van der Waals surface area contributed by atoms with Crippen molar-refractivity contribution in [3.05, 3.63) is 29.3 Å². The smallest absolute Gasteiger partial charge is 0.313 e. The van der Waals surface area contributed by atoms with Gasteiger partial charge in [0.15, 0.2) is 0 Å². The minimum Gasteiger partial charge on any atom is -0.346 e. The van der Waals surface area contributed by atoms with E-state index in [4.69, 9.17) is 0 Å². The highest BCUT2D eigenvalue weighted by atomic mass is 16.2. The van der Waals surface area contributed by atoms with Gasteiger partial charge in [-0.15, -0.1) is 0 Å². The number of hydrogen-bond donors (Lipinski definition) is 2.